The molecular formula is C22H33ClN2O4S. The third-order valence-corrected chi connectivity index (χ3v) is 7.66. The standard InChI is InChI=1S/C22H33ClN2O4S/c1-6-18-14-11-15(13-22(4,12-14)25-30(5,27)28)19(18)24-20(26)21(2,3)29-17-9-7-16(23)8-10-17/h7-10,14-15,18-19,25H,6,11-13H2,1-5H3,(H,24,26). The van der Waals surface area contributed by atoms with Gasteiger partial charge in [-0.3, -0.25) is 4.79 Å². The zero-order valence-corrected chi connectivity index (χ0v) is 19.9. The van der Waals surface area contributed by atoms with Gasteiger partial charge in [-0.1, -0.05) is 24.9 Å². The molecule has 5 atom stereocenters. The molecular weight excluding hydrogens is 424 g/mol. The molecule has 2 bridgehead atoms. The smallest absolute Gasteiger partial charge is 0.263 e. The van der Waals surface area contributed by atoms with Crippen molar-refractivity contribution in [3.05, 3.63) is 29.3 Å². The Hall–Kier alpha value is -1.31. The molecule has 0 spiro atoms. The number of benzene rings is 1. The second kappa shape index (κ2) is 8.32. The van der Waals surface area contributed by atoms with Crippen LogP contribution in [-0.4, -0.2) is 37.8 Å². The molecule has 0 aliphatic heterocycles. The number of amides is 1. The highest BCUT2D eigenvalue weighted by Crippen LogP contribution is 2.51. The molecule has 2 aliphatic carbocycles. The Labute approximate surface area is 185 Å². The van der Waals surface area contributed by atoms with Crippen LogP contribution in [0.2, 0.25) is 5.02 Å². The first kappa shape index (κ1) is 23.4. The number of carbonyl (C=O) groups is 1. The lowest BCUT2D eigenvalue weighted by Crippen LogP contribution is -2.53. The van der Waals surface area contributed by atoms with Gasteiger partial charge < -0.3 is 10.1 Å². The van der Waals surface area contributed by atoms with Gasteiger partial charge in [-0.05, 0) is 82.1 Å². The minimum Gasteiger partial charge on any atom is -0.478 e. The van der Waals surface area contributed by atoms with E-state index in [4.69, 9.17) is 16.3 Å². The molecule has 2 aliphatic rings. The average Bonchev–Trinajstić information content (AvgIpc) is 2.84. The van der Waals surface area contributed by atoms with Gasteiger partial charge in [0.2, 0.25) is 10.0 Å². The Morgan fingerprint density at radius 2 is 1.83 bits per heavy atom. The summed E-state index contributed by atoms with van der Waals surface area (Å²) in [6, 6.07) is 6.97. The van der Waals surface area contributed by atoms with Crippen LogP contribution in [0, 0.1) is 17.8 Å². The van der Waals surface area contributed by atoms with Gasteiger partial charge in [0.25, 0.3) is 5.91 Å². The quantitative estimate of drug-likeness (QED) is 0.654. The molecule has 8 heteroatoms. The number of halogens is 1. The van der Waals surface area contributed by atoms with Crippen molar-refractivity contribution in [2.24, 2.45) is 17.8 Å². The Morgan fingerprint density at radius 1 is 1.23 bits per heavy atom. The molecule has 1 amide bonds. The van der Waals surface area contributed by atoms with Crippen LogP contribution in [0.15, 0.2) is 24.3 Å². The Balaban J connectivity index is 1.73. The zero-order valence-electron chi connectivity index (χ0n) is 18.4. The van der Waals surface area contributed by atoms with Crippen molar-refractivity contribution < 1.29 is 17.9 Å². The van der Waals surface area contributed by atoms with Crippen LogP contribution >= 0.6 is 11.6 Å². The lowest BCUT2D eigenvalue weighted by Gasteiger charge is -2.38. The molecule has 5 unspecified atom stereocenters. The molecule has 0 heterocycles. The largest absolute Gasteiger partial charge is 0.478 e. The molecule has 0 aromatic heterocycles. The maximum atomic E-state index is 13.2. The average molecular weight is 457 g/mol. The van der Waals surface area contributed by atoms with Gasteiger partial charge >= 0.3 is 0 Å². The van der Waals surface area contributed by atoms with E-state index < -0.39 is 21.2 Å². The maximum absolute atomic E-state index is 13.2. The molecule has 2 saturated carbocycles. The summed E-state index contributed by atoms with van der Waals surface area (Å²) < 4.78 is 32.5. The Bertz CT molecular complexity index is 887. The normalized spacial score (nSPS) is 31.4. The van der Waals surface area contributed by atoms with E-state index in [1.165, 1.54) is 6.26 Å². The minimum atomic E-state index is -3.29. The van der Waals surface area contributed by atoms with Gasteiger partial charge in [-0.2, -0.15) is 0 Å². The predicted molar refractivity (Wildman–Crippen MR) is 119 cm³/mol. The van der Waals surface area contributed by atoms with Gasteiger partial charge in [0.15, 0.2) is 5.60 Å². The fraction of sp³-hybridized carbons (Fsp3) is 0.682. The number of rotatable bonds is 7. The van der Waals surface area contributed by atoms with Crippen LogP contribution < -0.4 is 14.8 Å². The highest BCUT2D eigenvalue weighted by molar-refractivity contribution is 7.88. The summed E-state index contributed by atoms with van der Waals surface area (Å²) in [4.78, 5) is 13.2. The minimum absolute atomic E-state index is 0.0174. The summed E-state index contributed by atoms with van der Waals surface area (Å²) in [5.41, 5.74) is -1.51. The fourth-order valence-corrected chi connectivity index (χ4v) is 6.74. The molecule has 1 aromatic carbocycles. The molecule has 0 saturated heterocycles. The SMILES string of the molecule is CCC1C2CC(CC(C)(NS(C)(=O)=O)C2)C1NC(=O)C(C)(C)Oc1ccc(Cl)cc1. The summed E-state index contributed by atoms with van der Waals surface area (Å²) in [5.74, 6) is 1.38. The number of ether oxygens (including phenoxy) is 1. The Morgan fingerprint density at radius 3 is 2.40 bits per heavy atom. The van der Waals surface area contributed by atoms with Crippen LogP contribution in [0.4, 0.5) is 0 Å². The lowest BCUT2D eigenvalue weighted by atomic mass is 9.76. The number of hydrogen-bond donors (Lipinski definition) is 2. The summed E-state index contributed by atoms with van der Waals surface area (Å²) in [7, 11) is -3.29. The summed E-state index contributed by atoms with van der Waals surface area (Å²) in [6.07, 6.45) is 4.69. The van der Waals surface area contributed by atoms with Crippen LogP contribution in [0.1, 0.15) is 53.4 Å². The van der Waals surface area contributed by atoms with Gasteiger partial charge in [0, 0.05) is 16.6 Å². The van der Waals surface area contributed by atoms with Gasteiger partial charge in [0.05, 0.1) is 6.26 Å². The van der Waals surface area contributed by atoms with E-state index in [1.54, 1.807) is 38.1 Å². The fourth-order valence-electron chi connectivity index (χ4n) is 5.55. The topological polar surface area (TPSA) is 84.5 Å². The van der Waals surface area contributed by atoms with E-state index in [2.05, 4.69) is 17.0 Å². The molecule has 30 heavy (non-hydrogen) atoms. The number of sulfonamides is 1. The molecule has 168 valence electrons. The molecule has 2 fully saturated rings. The number of hydrogen-bond acceptors (Lipinski definition) is 4. The van der Waals surface area contributed by atoms with E-state index in [-0.39, 0.29) is 17.9 Å². The third kappa shape index (κ3) is 5.29. The highest BCUT2D eigenvalue weighted by Gasteiger charge is 2.52. The van der Waals surface area contributed by atoms with Crippen molar-refractivity contribution in [2.75, 3.05) is 6.26 Å². The van der Waals surface area contributed by atoms with E-state index in [9.17, 15) is 13.2 Å². The lowest BCUT2D eigenvalue weighted by molar-refractivity contribution is -0.135. The zero-order chi connectivity index (χ0) is 22.3. The van der Waals surface area contributed by atoms with Crippen molar-refractivity contribution in [1.29, 1.82) is 0 Å². The van der Waals surface area contributed by atoms with Crippen molar-refractivity contribution >= 4 is 27.5 Å². The first-order chi connectivity index (χ1) is 13.8. The molecule has 0 radical (unpaired) electrons. The monoisotopic (exact) mass is 456 g/mol. The van der Waals surface area contributed by atoms with E-state index in [1.807, 2.05) is 6.92 Å². The first-order valence-electron chi connectivity index (χ1n) is 10.6. The highest BCUT2D eigenvalue weighted by atomic mass is 35.5. The van der Waals surface area contributed by atoms with Crippen molar-refractivity contribution in [3.63, 3.8) is 0 Å². The molecule has 1 aromatic rings. The van der Waals surface area contributed by atoms with Gasteiger partial charge in [-0.15, -0.1) is 0 Å². The predicted octanol–water partition coefficient (Wildman–Crippen LogP) is 3.75. The second-order valence-corrected chi connectivity index (χ2v) is 11.9. The van der Waals surface area contributed by atoms with Crippen molar-refractivity contribution in [2.45, 2.75) is 70.6 Å². The van der Waals surface area contributed by atoms with E-state index in [0.717, 1.165) is 25.7 Å². The molecule has 6 nitrogen and oxygen atoms in total. The van der Waals surface area contributed by atoms with Crippen LogP contribution in [-0.2, 0) is 14.8 Å². The van der Waals surface area contributed by atoms with Crippen LogP contribution in [0.5, 0.6) is 5.75 Å². The maximum Gasteiger partial charge on any atom is 0.263 e. The first-order valence-corrected chi connectivity index (χ1v) is 12.8. The number of fused-ring (bicyclic) bond motifs is 2. The van der Waals surface area contributed by atoms with Gasteiger partial charge in [-0.25, -0.2) is 13.1 Å². The van der Waals surface area contributed by atoms with E-state index in [0.29, 0.717) is 22.6 Å². The molecule has 2 N–H and O–H groups in total. The summed E-state index contributed by atoms with van der Waals surface area (Å²) in [5, 5.41) is 3.87. The van der Waals surface area contributed by atoms with Crippen LogP contribution in [0.3, 0.4) is 0 Å². The van der Waals surface area contributed by atoms with Crippen molar-refractivity contribution in [3.8, 4) is 5.75 Å². The van der Waals surface area contributed by atoms with Crippen molar-refractivity contribution in [1.82, 2.24) is 10.0 Å². The van der Waals surface area contributed by atoms with E-state index >= 15 is 0 Å². The summed E-state index contributed by atoms with van der Waals surface area (Å²) >= 11 is 5.93. The third-order valence-electron chi connectivity index (χ3n) is 6.54. The van der Waals surface area contributed by atoms with Gasteiger partial charge in [0.1, 0.15) is 5.75 Å². The number of nitrogens with one attached hydrogen (secondary N) is 2. The summed E-state index contributed by atoms with van der Waals surface area (Å²) in [6.45, 7) is 7.64. The number of carbonyl (C=O) groups excluding carboxylic acids is 1. The van der Waals surface area contributed by atoms with Crippen LogP contribution in [0.25, 0.3) is 0 Å². The Kier molecular flexibility index (Phi) is 6.48. The second-order valence-electron chi connectivity index (χ2n) is 9.74. The molecule has 3 rings (SSSR count).